The molecule has 0 aromatic carbocycles. The fourth-order valence-corrected chi connectivity index (χ4v) is 1.93. The van der Waals surface area contributed by atoms with Gasteiger partial charge in [-0.15, -0.1) is 0 Å². The highest BCUT2D eigenvalue weighted by Gasteiger charge is 1.94. The molecule has 0 rings (SSSR count). The SMILES string of the molecule is CCCCCCCCOCCCC=C(O)CCCN. The first-order chi connectivity index (χ1) is 9.31. The lowest BCUT2D eigenvalue weighted by molar-refractivity contribution is 0.128. The van der Waals surface area contributed by atoms with Crippen LogP contribution in [0.25, 0.3) is 0 Å². The first-order valence-corrected chi connectivity index (χ1v) is 7.97. The van der Waals surface area contributed by atoms with Gasteiger partial charge in [-0.05, 0) is 38.3 Å². The van der Waals surface area contributed by atoms with Gasteiger partial charge in [0, 0.05) is 19.6 Å². The summed E-state index contributed by atoms with van der Waals surface area (Å²) >= 11 is 0. The van der Waals surface area contributed by atoms with Crippen LogP contribution in [0.3, 0.4) is 0 Å². The maximum atomic E-state index is 9.49. The minimum Gasteiger partial charge on any atom is -0.513 e. The lowest BCUT2D eigenvalue weighted by Gasteiger charge is -2.03. The van der Waals surface area contributed by atoms with Crippen molar-refractivity contribution < 1.29 is 9.84 Å². The van der Waals surface area contributed by atoms with Gasteiger partial charge in [-0.25, -0.2) is 0 Å². The lowest BCUT2D eigenvalue weighted by Crippen LogP contribution is -1.99. The Morgan fingerprint density at radius 3 is 2.42 bits per heavy atom. The number of ether oxygens (including phenoxy) is 1. The second-order valence-electron chi connectivity index (χ2n) is 5.11. The van der Waals surface area contributed by atoms with E-state index in [2.05, 4.69) is 6.92 Å². The van der Waals surface area contributed by atoms with Crippen molar-refractivity contribution >= 4 is 0 Å². The molecule has 114 valence electrons. The van der Waals surface area contributed by atoms with Gasteiger partial charge in [0.25, 0.3) is 0 Å². The van der Waals surface area contributed by atoms with Crippen LogP contribution in [-0.4, -0.2) is 24.9 Å². The van der Waals surface area contributed by atoms with Gasteiger partial charge < -0.3 is 15.6 Å². The molecule has 0 spiro atoms. The van der Waals surface area contributed by atoms with Crippen molar-refractivity contribution in [2.24, 2.45) is 5.73 Å². The Labute approximate surface area is 119 Å². The molecule has 0 fully saturated rings. The molecule has 3 nitrogen and oxygen atoms in total. The third kappa shape index (κ3) is 15.4. The monoisotopic (exact) mass is 271 g/mol. The first-order valence-electron chi connectivity index (χ1n) is 7.97. The number of nitrogens with two attached hydrogens (primary N) is 1. The summed E-state index contributed by atoms with van der Waals surface area (Å²) in [7, 11) is 0. The van der Waals surface area contributed by atoms with E-state index in [1.165, 1.54) is 38.5 Å². The van der Waals surface area contributed by atoms with Crippen LogP contribution in [0.4, 0.5) is 0 Å². The van der Waals surface area contributed by atoms with Gasteiger partial charge in [-0.3, -0.25) is 0 Å². The van der Waals surface area contributed by atoms with Crippen LogP contribution in [0.1, 0.15) is 71.1 Å². The zero-order chi connectivity index (χ0) is 14.2. The molecule has 0 aliphatic heterocycles. The average molecular weight is 271 g/mol. The van der Waals surface area contributed by atoms with Crippen LogP contribution in [0.5, 0.6) is 0 Å². The molecule has 3 heteroatoms. The highest BCUT2D eigenvalue weighted by atomic mass is 16.5. The van der Waals surface area contributed by atoms with Gasteiger partial charge in [0.05, 0.1) is 5.76 Å². The van der Waals surface area contributed by atoms with E-state index < -0.39 is 0 Å². The molecule has 0 bridgehead atoms. The predicted octanol–water partition coefficient (Wildman–Crippen LogP) is 4.32. The first kappa shape index (κ1) is 18.5. The van der Waals surface area contributed by atoms with E-state index in [-0.39, 0.29) is 0 Å². The molecule has 0 aliphatic carbocycles. The highest BCUT2D eigenvalue weighted by Crippen LogP contribution is 2.06. The molecule has 0 amide bonds. The molecule has 0 saturated carbocycles. The van der Waals surface area contributed by atoms with E-state index in [1.807, 2.05) is 6.08 Å². The van der Waals surface area contributed by atoms with Crippen molar-refractivity contribution in [3.63, 3.8) is 0 Å². The number of hydrogen-bond acceptors (Lipinski definition) is 3. The van der Waals surface area contributed by atoms with Crippen molar-refractivity contribution in [2.45, 2.75) is 71.1 Å². The van der Waals surface area contributed by atoms with Crippen molar-refractivity contribution in [1.82, 2.24) is 0 Å². The number of rotatable bonds is 14. The van der Waals surface area contributed by atoms with Crippen LogP contribution in [-0.2, 0) is 4.74 Å². The highest BCUT2D eigenvalue weighted by molar-refractivity contribution is 4.90. The molecule has 0 radical (unpaired) electrons. The molecule has 0 atom stereocenters. The predicted molar refractivity (Wildman–Crippen MR) is 82.4 cm³/mol. The van der Waals surface area contributed by atoms with Crippen LogP contribution in [0.15, 0.2) is 11.8 Å². The van der Waals surface area contributed by atoms with Gasteiger partial charge >= 0.3 is 0 Å². The van der Waals surface area contributed by atoms with Crippen molar-refractivity contribution in [1.29, 1.82) is 0 Å². The normalized spacial score (nSPS) is 12.0. The molecule has 19 heavy (non-hydrogen) atoms. The molecule has 0 heterocycles. The number of aliphatic hydroxyl groups is 1. The quantitative estimate of drug-likeness (QED) is 0.365. The minimum absolute atomic E-state index is 0.473. The van der Waals surface area contributed by atoms with Gasteiger partial charge in [0.2, 0.25) is 0 Å². The molecule has 0 aromatic rings. The summed E-state index contributed by atoms with van der Waals surface area (Å²) < 4.78 is 5.57. The van der Waals surface area contributed by atoms with Gasteiger partial charge in [-0.2, -0.15) is 0 Å². The van der Waals surface area contributed by atoms with Crippen LogP contribution >= 0.6 is 0 Å². The molecule has 3 N–H and O–H groups in total. The van der Waals surface area contributed by atoms with E-state index >= 15 is 0 Å². The summed E-state index contributed by atoms with van der Waals surface area (Å²) in [5.74, 6) is 0.473. The minimum atomic E-state index is 0.473. The van der Waals surface area contributed by atoms with Crippen LogP contribution in [0.2, 0.25) is 0 Å². The topological polar surface area (TPSA) is 55.5 Å². The summed E-state index contributed by atoms with van der Waals surface area (Å²) in [4.78, 5) is 0. The van der Waals surface area contributed by atoms with Crippen LogP contribution in [0, 0.1) is 0 Å². The van der Waals surface area contributed by atoms with Gasteiger partial charge in [0.1, 0.15) is 0 Å². The lowest BCUT2D eigenvalue weighted by atomic mass is 10.1. The van der Waals surface area contributed by atoms with E-state index in [0.29, 0.717) is 18.7 Å². The Kier molecular flexibility index (Phi) is 15.1. The Bertz CT molecular complexity index is 205. The Balaban J connectivity index is 3.14. The largest absolute Gasteiger partial charge is 0.513 e. The molecule has 0 saturated heterocycles. The van der Waals surface area contributed by atoms with Crippen LogP contribution < -0.4 is 5.73 Å². The summed E-state index contributed by atoms with van der Waals surface area (Å²) in [6, 6.07) is 0. The number of aliphatic hydroxyl groups excluding tert-OH is 1. The summed E-state index contributed by atoms with van der Waals surface area (Å²) in [5.41, 5.74) is 5.38. The summed E-state index contributed by atoms with van der Waals surface area (Å²) in [5, 5.41) is 9.49. The van der Waals surface area contributed by atoms with E-state index in [4.69, 9.17) is 10.5 Å². The second kappa shape index (κ2) is 15.5. The maximum absolute atomic E-state index is 9.49. The third-order valence-corrected chi connectivity index (χ3v) is 3.15. The fourth-order valence-electron chi connectivity index (χ4n) is 1.93. The number of allylic oxidation sites excluding steroid dienone is 2. The van der Waals surface area contributed by atoms with E-state index in [0.717, 1.165) is 32.5 Å². The summed E-state index contributed by atoms with van der Waals surface area (Å²) in [6.07, 6.45) is 13.2. The number of hydrogen-bond donors (Lipinski definition) is 2. The van der Waals surface area contributed by atoms with Crippen molar-refractivity contribution in [3.8, 4) is 0 Å². The van der Waals surface area contributed by atoms with Crippen molar-refractivity contribution in [2.75, 3.05) is 19.8 Å². The van der Waals surface area contributed by atoms with E-state index in [9.17, 15) is 5.11 Å². The fraction of sp³-hybridized carbons (Fsp3) is 0.875. The Morgan fingerprint density at radius 1 is 1.00 bits per heavy atom. The second-order valence-corrected chi connectivity index (χ2v) is 5.11. The third-order valence-electron chi connectivity index (χ3n) is 3.15. The zero-order valence-electron chi connectivity index (χ0n) is 12.7. The molecule has 0 aromatic heterocycles. The van der Waals surface area contributed by atoms with Crippen molar-refractivity contribution in [3.05, 3.63) is 11.8 Å². The standard InChI is InChI=1S/C16H33NO2/c1-2-3-4-5-6-8-14-19-15-9-7-11-16(18)12-10-13-17/h11,18H,2-10,12-15,17H2,1H3. The molecule has 0 aliphatic rings. The van der Waals surface area contributed by atoms with E-state index in [1.54, 1.807) is 0 Å². The zero-order valence-corrected chi connectivity index (χ0v) is 12.7. The smallest absolute Gasteiger partial charge is 0.0883 e. The Morgan fingerprint density at radius 2 is 1.68 bits per heavy atom. The van der Waals surface area contributed by atoms with Gasteiger partial charge in [-0.1, -0.05) is 39.0 Å². The maximum Gasteiger partial charge on any atom is 0.0883 e. The molecular weight excluding hydrogens is 238 g/mol. The summed E-state index contributed by atoms with van der Waals surface area (Å²) in [6.45, 7) is 4.56. The molecule has 0 unspecified atom stereocenters. The average Bonchev–Trinajstić information content (AvgIpc) is 2.42. The molecular formula is C16H33NO2. The Hall–Kier alpha value is -0.540. The number of unbranched alkanes of at least 4 members (excludes halogenated alkanes) is 6. The van der Waals surface area contributed by atoms with Gasteiger partial charge in [0.15, 0.2) is 0 Å².